The lowest BCUT2D eigenvalue weighted by Gasteiger charge is -2.22. The Labute approximate surface area is 120 Å². The van der Waals surface area contributed by atoms with Gasteiger partial charge < -0.3 is 5.73 Å². The maximum absolute atomic E-state index is 12.9. The molecule has 2 aromatic carbocycles. The van der Waals surface area contributed by atoms with E-state index in [-0.39, 0.29) is 5.82 Å². The second-order valence-corrected chi connectivity index (χ2v) is 4.90. The Balaban J connectivity index is 2.07. The Morgan fingerprint density at radius 2 is 1.60 bits per heavy atom. The molecule has 0 spiro atoms. The first kappa shape index (κ1) is 14.7. The van der Waals surface area contributed by atoms with Crippen molar-refractivity contribution in [1.29, 1.82) is 0 Å². The van der Waals surface area contributed by atoms with Gasteiger partial charge in [0.25, 0.3) is 0 Å². The van der Waals surface area contributed by atoms with Gasteiger partial charge in [0.2, 0.25) is 0 Å². The highest BCUT2D eigenvalue weighted by Gasteiger charge is 2.07. The molecule has 106 valence electrons. The number of halogens is 1. The molecule has 0 fully saturated rings. The van der Waals surface area contributed by atoms with Gasteiger partial charge in [-0.1, -0.05) is 43.3 Å². The smallest absolute Gasteiger partial charge is 0.123 e. The average molecular weight is 272 g/mol. The standard InChI is InChI=1S/C17H21FN2/c1-2-20(12-14-7-9-17(18)10-8-14)13-16-6-4-3-5-15(16)11-19/h3-10H,2,11-13,19H2,1H3. The van der Waals surface area contributed by atoms with Crippen molar-refractivity contribution in [2.24, 2.45) is 5.73 Å². The fourth-order valence-corrected chi connectivity index (χ4v) is 2.28. The monoisotopic (exact) mass is 272 g/mol. The molecule has 0 aliphatic carbocycles. The van der Waals surface area contributed by atoms with Crippen LogP contribution in [0.15, 0.2) is 48.5 Å². The SMILES string of the molecule is CCN(Cc1ccc(F)cc1)Cc1ccccc1CN. The second kappa shape index (κ2) is 7.17. The summed E-state index contributed by atoms with van der Waals surface area (Å²) >= 11 is 0. The zero-order valence-corrected chi connectivity index (χ0v) is 11.8. The van der Waals surface area contributed by atoms with E-state index in [1.807, 2.05) is 24.3 Å². The summed E-state index contributed by atoms with van der Waals surface area (Å²) in [5.74, 6) is -0.190. The van der Waals surface area contributed by atoms with Gasteiger partial charge in [0.1, 0.15) is 5.82 Å². The number of rotatable bonds is 6. The van der Waals surface area contributed by atoms with Crippen LogP contribution in [0.2, 0.25) is 0 Å². The summed E-state index contributed by atoms with van der Waals surface area (Å²) < 4.78 is 12.9. The number of benzene rings is 2. The van der Waals surface area contributed by atoms with E-state index in [2.05, 4.69) is 24.0 Å². The summed E-state index contributed by atoms with van der Waals surface area (Å²) in [7, 11) is 0. The van der Waals surface area contributed by atoms with E-state index in [0.717, 1.165) is 25.2 Å². The van der Waals surface area contributed by atoms with Crippen LogP contribution in [0.1, 0.15) is 23.6 Å². The summed E-state index contributed by atoms with van der Waals surface area (Å²) in [5, 5.41) is 0. The molecule has 2 N–H and O–H groups in total. The molecule has 0 aromatic heterocycles. The molecule has 0 saturated heterocycles. The largest absolute Gasteiger partial charge is 0.326 e. The molecule has 0 saturated carbocycles. The molecule has 0 amide bonds. The molecule has 0 radical (unpaired) electrons. The van der Waals surface area contributed by atoms with E-state index in [4.69, 9.17) is 5.73 Å². The maximum atomic E-state index is 12.9. The van der Waals surface area contributed by atoms with Crippen molar-refractivity contribution in [2.75, 3.05) is 6.54 Å². The topological polar surface area (TPSA) is 29.3 Å². The molecule has 2 rings (SSSR count). The molecule has 0 bridgehead atoms. The van der Waals surface area contributed by atoms with E-state index in [1.54, 1.807) is 0 Å². The minimum absolute atomic E-state index is 0.190. The summed E-state index contributed by atoms with van der Waals surface area (Å²) in [5.41, 5.74) is 9.35. The van der Waals surface area contributed by atoms with Crippen LogP contribution >= 0.6 is 0 Å². The van der Waals surface area contributed by atoms with Gasteiger partial charge in [-0.3, -0.25) is 4.90 Å². The molecule has 0 aliphatic heterocycles. The Hall–Kier alpha value is -1.71. The molecule has 0 aliphatic rings. The Kier molecular flexibility index (Phi) is 5.27. The van der Waals surface area contributed by atoms with Gasteiger partial charge in [0, 0.05) is 19.6 Å². The average Bonchev–Trinajstić information content (AvgIpc) is 2.49. The molecule has 20 heavy (non-hydrogen) atoms. The van der Waals surface area contributed by atoms with Crippen molar-refractivity contribution >= 4 is 0 Å². The van der Waals surface area contributed by atoms with Crippen LogP contribution in [0.4, 0.5) is 4.39 Å². The first-order valence-electron chi connectivity index (χ1n) is 6.96. The molecule has 0 atom stereocenters. The number of nitrogens with zero attached hydrogens (tertiary/aromatic N) is 1. The fourth-order valence-electron chi connectivity index (χ4n) is 2.28. The first-order chi connectivity index (χ1) is 9.72. The Morgan fingerprint density at radius 1 is 0.950 bits per heavy atom. The Bertz CT molecular complexity index is 537. The summed E-state index contributed by atoms with van der Waals surface area (Å²) in [6.45, 7) is 5.31. The van der Waals surface area contributed by atoms with Gasteiger partial charge >= 0.3 is 0 Å². The van der Waals surface area contributed by atoms with Crippen LogP contribution < -0.4 is 5.73 Å². The molecular formula is C17H21FN2. The van der Waals surface area contributed by atoms with Crippen molar-refractivity contribution in [3.63, 3.8) is 0 Å². The normalized spacial score (nSPS) is 11.0. The zero-order chi connectivity index (χ0) is 14.4. The van der Waals surface area contributed by atoms with E-state index < -0.39 is 0 Å². The lowest BCUT2D eigenvalue weighted by atomic mass is 10.1. The third-order valence-corrected chi connectivity index (χ3v) is 3.50. The van der Waals surface area contributed by atoms with Gasteiger partial charge in [0.05, 0.1) is 0 Å². The molecule has 2 aromatic rings. The molecule has 0 unspecified atom stereocenters. The van der Waals surface area contributed by atoms with E-state index in [1.165, 1.54) is 23.3 Å². The van der Waals surface area contributed by atoms with Crippen LogP contribution in [-0.4, -0.2) is 11.4 Å². The second-order valence-electron chi connectivity index (χ2n) is 4.90. The van der Waals surface area contributed by atoms with Crippen molar-refractivity contribution in [3.05, 3.63) is 71.0 Å². The number of nitrogens with two attached hydrogens (primary N) is 1. The quantitative estimate of drug-likeness (QED) is 0.874. The lowest BCUT2D eigenvalue weighted by Crippen LogP contribution is -2.23. The first-order valence-corrected chi connectivity index (χ1v) is 6.96. The van der Waals surface area contributed by atoms with Crippen molar-refractivity contribution in [2.45, 2.75) is 26.6 Å². The summed E-state index contributed by atoms with van der Waals surface area (Å²) in [6, 6.07) is 15.0. The van der Waals surface area contributed by atoms with Gasteiger partial charge in [0.15, 0.2) is 0 Å². The highest BCUT2D eigenvalue weighted by Crippen LogP contribution is 2.14. The molecular weight excluding hydrogens is 251 g/mol. The van der Waals surface area contributed by atoms with Gasteiger partial charge in [-0.15, -0.1) is 0 Å². The molecule has 3 heteroatoms. The van der Waals surface area contributed by atoms with E-state index in [9.17, 15) is 4.39 Å². The maximum Gasteiger partial charge on any atom is 0.123 e. The fraction of sp³-hybridized carbons (Fsp3) is 0.294. The highest BCUT2D eigenvalue weighted by atomic mass is 19.1. The van der Waals surface area contributed by atoms with Crippen LogP contribution in [0.3, 0.4) is 0 Å². The minimum atomic E-state index is -0.190. The predicted molar refractivity (Wildman–Crippen MR) is 80.5 cm³/mol. The van der Waals surface area contributed by atoms with Gasteiger partial charge in [-0.25, -0.2) is 4.39 Å². The van der Waals surface area contributed by atoms with Gasteiger partial charge in [-0.2, -0.15) is 0 Å². The Morgan fingerprint density at radius 3 is 2.20 bits per heavy atom. The third kappa shape index (κ3) is 3.89. The predicted octanol–water partition coefficient (Wildman–Crippen LogP) is 3.31. The highest BCUT2D eigenvalue weighted by molar-refractivity contribution is 5.27. The van der Waals surface area contributed by atoms with E-state index >= 15 is 0 Å². The van der Waals surface area contributed by atoms with Crippen molar-refractivity contribution < 1.29 is 4.39 Å². The van der Waals surface area contributed by atoms with Crippen LogP contribution in [0, 0.1) is 5.82 Å². The van der Waals surface area contributed by atoms with Crippen molar-refractivity contribution in [1.82, 2.24) is 4.90 Å². The molecule has 2 nitrogen and oxygen atoms in total. The van der Waals surface area contributed by atoms with Crippen LogP contribution in [0.5, 0.6) is 0 Å². The summed E-state index contributed by atoms with van der Waals surface area (Å²) in [4.78, 5) is 2.32. The van der Waals surface area contributed by atoms with Crippen LogP contribution in [0.25, 0.3) is 0 Å². The van der Waals surface area contributed by atoms with E-state index in [0.29, 0.717) is 6.54 Å². The number of hydrogen-bond donors (Lipinski definition) is 1. The van der Waals surface area contributed by atoms with Gasteiger partial charge in [-0.05, 0) is 35.4 Å². The van der Waals surface area contributed by atoms with Crippen molar-refractivity contribution in [3.8, 4) is 0 Å². The number of hydrogen-bond acceptors (Lipinski definition) is 2. The lowest BCUT2D eigenvalue weighted by molar-refractivity contribution is 0.270. The zero-order valence-electron chi connectivity index (χ0n) is 11.8. The minimum Gasteiger partial charge on any atom is -0.326 e. The van der Waals surface area contributed by atoms with Crippen LogP contribution in [-0.2, 0) is 19.6 Å². The third-order valence-electron chi connectivity index (χ3n) is 3.50. The molecule has 0 heterocycles. The summed E-state index contributed by atoms with van der Waals surface area (Å²) in [6.07, 6.45) is 0.